The summed E-state index contributed by atoms with van der Waals surface area (Å²) in [6.07, 6.45) is 6.55. The second kappa shape index (κ2) is 9.59. The molecule has 0 saturated carbocycles. The number of rotatable bonds is 7. The van der Waals surface area contributed by atoms with Gasteiger partial charge >= 0.3 is 6.03 Å². The molecule has 0 spiro atoms. The van der Waals surface area contributed by atoms with Gasteiger partial charge in [0, 0.05) is 32.5 Å². The van der Waals surface area contributed by atoms with Gasteiger partial charge < -0.3 is 20.2 Å². The zero-order chi connectivity index (χ0) is 17.4. The van der Waals surface area contributed by atoms with Crippen LogP contribution in [0.4, 0.5) is 4.79 Å². The Labute approximate surface area is 144 Å². The van der Waals surface area contributed by atoms with Crippen LogP contribution in [0, 0.1) is 5.92 Å². The number of β-amino-alcohol motifs (C(OH)–C–C–N with tert-alkyl or cyclic N) is 1. The van der Waals surface area contributed by atoms with E-state index >= 15 is 0 Å². The van der Waals surface area contributed by atoms with E-state index < -0.39 is 0 Å². The third-order valence-corrected chi connectivity index (χ3v) is 4.79. The molecule has 0 unspecified atom stereocenters. The highest BCUT2D eigenvalue weighted by Gasteiger charge is 2.22. The molecule has 2 amide bonds. The number of nitrogens with one attached hydrogen (secondary N) is 1. The first-order valence-corrected chi connectivity index (χ1v) is 8.88. The van der Waals surface area contributed by atoms with E-state index in [1.165, 1.54) is 0 Å². The summed E-state index contributed by atoms with van der Waals surface area (Å²) in [7, 11) is 1.87. The summed E-state index contributed by atoms with van der Waals surface area (Å²) in [5.41, 5.74) is 1.04. The van der Waals surface area contributed by atoms with Crippen molar-refractivity contribution >= 4 is 6.03 Å². The molecule has 2 N–H and O–H groups in total. The van der Waals surface area contributed by atoms with Crippen molar-refractivity contribution in [3.63, 3.8) is 0 Å². The number of aromatic nitrogens is 1. The van der Waals surface area contributed by atoms with Gasteiger partial charge in [0.05, 0.1) is 12.6 Å². The Hall–Kier alpha value is -1.66. The van der Waals surface area contributed by atoms with Crippen molar-refractivity contribution in [2.45, 2.75) is 32.2 Å². The minimum absolute atomic E-state index is 0.0000477. The fourth-order valence-electron chi connectivity index (χ4n) is 3.27. The Bertz CT molecular complexity index is 489. The predicted octanol–water partition coefficient (Wildman–Crippen LogP) is 1.88. The van der Waals surface area contributed by atoms with Gasteiger partial charge in [-0.2, -0.15) is 0 Å². The molecule has 24 heavy (non-hydrogen) atoms. The van der Waals surface area contributed by atoms with Crippen molar-refractivity contribution in [1.82, 2.24) is 20.1 Å². The number of carbonyl (C=O) groups is 1. The highest BCUT2D eigenvalue weighted by molar-refractivity contribution is 5.74. The van der Waals surface area contributed by atoms with E-state index in [1.807, 2.05) is 25.4 Å². The molecule has 2 rings (SSSR count). The average molecular weight is 334 g/mol. The van der Waals surface area contributed by atoms with Crippen LogP contribution >= 0.6 is 0 Å². The van der Waals surface area contributed by atoms with Crippen molar-refractivity contribution < 1.29 is 9.90 Å². The SMILES string of the molecule is CC[C@H](NC(=O)N(C)CC1CCN(CCO)CC1)c1cccnc1. The minimum Gasteiger partial charge on any atom is -0.395 e. The molecule has 1 aliphatic heterocycles. The molecule has 0 radical (unpaired) electrons. The lowest BCUT2D eigenvalue weighted by atomic mass is 9.96. The van der Waals surface area contributed by atoms with Gasteiger partial charge in [-0.3, -0.25) is 4.98 Å². The molecule has 1 aromatic rings. The van der Waals surface area contributed by atoms with Crippen LogP contribution in [0.25, 0.3) is 0 Å². The quantitative estimate of drug-likeness (QED) is 0.799. The van der Waals surface area contributed by atoms with Crippen molar-refractivity contribution in [2.75, 3.05) is 39.8 Å². The van der Waals surface area contributed by atoms with E-state index in [4.69, 9.17) is 5.11 Å². The number of nitrogens with zero attached hydrogens (tertiary/aromatic N) is 3. The average Bonchev–Trinajstić information content (AvgIpc) is 2.62. The standard InChI is InChI=1S/C18H30N4O2/c1-3-17(16-5-4-8-19-13-16)20-18(24)21(2)14-15-6-9-22(10-7-15)11-12-23/h4-5,8,13,15,17,23H,3,6-7,9-12,14H2,1-2H3,(H,20,24)/t17-/m0/s1. The monoisotopic (exact) mass is 334 g/mol. The van der Waals surface area contributed by atoms with Crippen molar-refractivity contribution in [3.05, 3.63) is 30.1 Å². The lowest BCUT2D eigenvalue weighted by molar-refractivity contribution is 0.132. The summed E-state index contributed by atoms with van der Waals surface area (Å²) in [5.74, 6) is 0.536. The van der Waals surface area contributed by atoms with Crippen molar-refractivity contribution in [3.8, 4) is 0 Å². The maximum absolute atomic E-state index is 12.5. The number of hydrogen-bond acceptors (Lipinski definition) is 4. The molecule has 1 atom stereocenters. The Morgan fingerprint density at radius 3 is 2.83 bits per heavy atom. The second-order valence-corrected chi connectivity index (χ2v) is 6.59. The van der Waals surface area contributed by atoms with E-state index in [2.05, 4.69) is 22.1 Å². The number of likely N-dealkylation sites (tertiary alicyclic amines) is 1. The molecule has 6 nitrogen and oxygen atoms in total. The fraction of sp³-hybridized carbons (Fsp3) is 0.667. The zero-order valence-corrected chi connectivity index (χ0v) is 14.8. The number of aliphatic hydroxyl groups excluding tert-OH is 1. The van der Waals surface area contributed by atoms with Gasteiger partial charge in [0.1, 0.15) is 0 Å². The first kappa shape index (κ1) is 18.7. The van der Waals surface area contributed by atoms with Crippen LogP contribution in [0.2, 0.25) is 0 Å². The van der Waals surface area contributed by atoms with Gasteiger partial charge in [-0.1, -0.05) is 13.0 Å². The highest BCUT2D eigenvalue weighted by atomic mass is 16.3. The lowest BCUT2D eigenvalue weighted by Gasteiger charge is -2.33. The van der Waals surface area contributed by atoms with Crippen LogP contribution in [0.3, 0.4) is 0 Å². The van der Waals surface area contributed by atoms with E-state index in [0.29, 0.717) is 5.92 Å². The zero-order valence-electron chi connectivity index (χ0n) is 14.8. The summed E-state index contributed by atoms with van der Waals surface area (Å²) in [6, 6.07) is 3.87. The first-order valence-electron chi connectivity index (χ1n) is 8.88. The van der Waals surface area contributed by atoms with Gasteiger partial charge in [0.2, 0.25) is 0 Å². The molecule has 134 valence electrons. The van der Waals surface area contributed by atoms with E-state index in [9.17, 15) is 4.79 Å². The van der Waals surface area contributed by atoms with Crippen LogP contribution < -0.4 is 5.32 Å². The molecule has 0 bridgehead atoms. The number of pyridine rings is 1. The van der Waals surface area contributed by atoms with Crippen LogP contribution in [0.1, 0.15) is 37.8 Å². The van der Waals surface area contributed by atoms with Gasteiger partial charge in [0.15, 0.2) is 0 Å². The van der Waals surface area contributed by atoms with E-state index in [1.54, 1.807) is 11.1 Å². The molecule has 1 aliphatic rings. The molecule has 1 fully saturated rings. The summed E-state index contributed by atoms with van der Waals surface area (Å²) in [6.45, 7) is 5.84. The normalized spacial score (nSPS) is 17.5. The number of urea groups is 1. The van der Waals surface area contributed by atoms with Crippen molar-refractivity contribution in [2.24, 2.45) is 5.92 Å². The molecule has 2 heterocycles. The molecule has 0 aromatic carbocycles. The molecule has 6 heteroatoms. The van der Waals surface area contributed by atoms with Crippen LogP contribution in [-0.4, -0.2) is 65.8 Å². The second-order valence-electron chi connectivity index (χ2n) is 6.59. The number of hydrogen-bond donors (Lipinski definition) is 2. The first-order chi connectivity index (χ1) is 11.6. The molecule has 0 aliphatic carbocycles. The maximum Gasteiger partial charge on any atom is 0.317 e. The lowest BCUT2D eigenvalue weighted by Crippen LogP contribution is -2.44. The predicted molar refractivity (Wildman–Crippen MR) is 94.7 cm³/mol. The van der Waals surface area contributed by atoms with E-state index in [-0.39, 0.29) is 18.7 Å². The minimum atomic E-state index is -0.0245. The maximum atomic E-state index is 12.5. The van der Waals surface area contributed by atoms with Gasteiger partial charge in [-0.15, -0.1) is 0 Å². The molecule has 1 saturated heterocycles. The third kappa shape index (κ3) is 5.46. The van der Waals surface area contributed by atoms with Gasteiger partial charge in [-0.05, 0) is 49.9 Å². The summed E-state index contributed by atoms with van der Waals surface area (Å²) < 4.78 is 0. The fourth-order valence-corrected chi connectivity index (χ4v) is 3.27. The largest absolute Gasteiger partial charge is 0.395 e. The Morgan fingerprint density at radius 2 is 2.25 bits per heavy atom. The number of piperidine rings is 1. The number of aliphatic hydroxyl groups is 1. The topological polar surface area (TPSA) is 68.7 Å². The molecular formula is C18H30N4O2. The van der Waals surface area contributed by atoms with Crippen LogP contribution in [0.5, 0.6) is 0 Å². The third-order valence-electron chi connectivity index (χ3n) is 4.79. The van der Waals surface area contributed by atoms with Crippen LogP contribution in [-0.2, 0) is 0 Å². The summed E-state index contributed by atoms with van der Waals surface area (Å²) in [5, 5.41) is 12.1. The summed E-state index contributed by atoms with van der Waals surface area (Å²) >= 11 is 0. The number of carbonyl (C=O) groups excluding carboxylic acids is 1. The molecular weight excluding hydrogens is 304 g/mol. The highest BCUT2D eigenvalue weighted by Crippen LogP contribution is 2.19. The Morgan fingerprint density at radius 1 is 1.50 bits per heavy atom. The van der Waals surface area contributed by atoms with Gasteiger partial charge in [-0.25, -0.2) is 4.79 Å². The summed E-state index contributed by atoms with van der Waals surface area (Å²) in [4.78, 5) is 20.7. The van der Waals surface area contributed by atoms with Crippen molar-refractivity contribution in [1.29, 1.82) is 0 Å². The molecule has 1 aromatic heterocycles. The Kier molecular flexibility index (Phi) is 7.46. The number of amides is 2. The van der Waals surface area contributed by atoms with Crippen LogP contribution in [0.15, 0.2) is 24.5 Å². The van der Waals surface area contributed by atoms with E-state index in [0.717, 1.165) is 51.0 Å². The smallest absolute Gasteiger partial charge is 0.317 e. The van der Waals surface area contributed by atoms with Gasteiger partial charge in [0.25, 0.3) is 0 Å². The Balaban J connectivity index is 1.79.